The van der Waals surface area contributed by atoms with Crippen LogP contribution in [0.3, 0.4) is 0 Å². The first-order valence-corrected chi connectivity index (χ1v) is 6.50. The number of ether oxygens (including phenoxy) is 2. The zero-order chi connectivity index (χ0) is 14.7. The summed E-state index contributed by atoms with van der Waals surface area (Å²) in [4.78, 5) is 4.36. The van der Waals surface area contributed by atoms with Gasteiger partial charge in [0.05, 0.1) is 31.8 Å². The number of methoxy groups -OCH3 is 2. The van der Waals surface area contributed by atoms with Gasteiger partial charge in [0.1, 0.15) is 0 Å². The average molecular weight is 281 g/mol. The standard InChI is InChI=1S/C16H15N3O2/c1-20-14-7-6-11(9-15(14)21-2)12-10-18-19-16(12)13-5-3-4-8-17-13/h3-10H,1-2H3,(H,18,19). The molecule has 0 radical (unpaired) electrons. The first-order chi connectivity index (χ1) is 10.3. The lowest BCUT2D eigenvalue weighted by Gasteiger charge is -2.09. The summed E-state index contributed by atoms with van der Waals surface area (Å²) in [6.07, 6.45) is 3.54. The Morgan fingerprint density at radius 3 is 2.57 bits per heavy atom. The predicted molar refractivity (Wildman–Crippen MR) is 80.4 cm³/mol. The Kier molecular flexibility index (Phi) is 3.55. The number of aromatic nitrogens is 3. The van der Waals surface area contributed by atoms with Crippen LogP contribution in [0.4, 0.5) is 0 Å². The van der Waals surface area contributed by atoms with Crippen molar-refractivity contribution < 1.29 is 9.47 Å². The van der Waals surface area contributed by atoms with Gasteiger partial charge in [-0.05, 0) is 29.8 Å². The van der Waals surface area contributed by atoms with Crippen LogP contribution in [-0.2, 0) is 0 Å². The molecular weight excluding hydrogens is 266 g/mol. The fourth-order valence-electron chi connectivity index (χ4n) is 2.21. The van der Waals surface area contributed by atoms with Crippen LogP contribution >= 0.6 is 0 Å². The quantitative estimate of drug-likeness (QED) is 0.798. The average Bonchev–Trinajstić information content (AvgIpc) is 3.04. The normalized spacial score (nSPS) is 10.4. The van der Waals surface area contributed by atoms with Crippen LogP contribution < -0.4 is 9.47 Å². The third-order valence-corrected chi connectivity index (χ3v) is 3.25. The van der Waals surface area contributed by atoms with Crippen molar-refractivity contribution in [2.75, 3.05) is 14.2 Å². The molecular formula is C16H15N3O2. The molecule has 0 atom stereocenters. The van der Waals surface area contributed by atoms with Crippen LogP contribution in [0.15, 0.2) is 48.8 Å². The van der Waals surface area contributed by atoms with Crippen molar-refractivity contribution in [3.8, 4) is 34.0 Å². The summed E-state index contributed by atoms with van der Waals surface area (Å²) in [5.74, 6) is 1.38. The molecule has 0 aliphatic heterocycles. The Hall–Kier alpha value is -2.82. The van der Waals surface area contributed by atoms with E-state index >= 15 is 0 Å². The molecule has 0 unspecified atom stereocenters. The molecule has 0 aliphatic carbocycles. The highest BCUT2D eigenvalue weighted by atomic mass is 16.5. The maximum atomic E-state index is 5.35. The monoisotopic (exact) mass is 281 g/mol. The van der Waals surface area contributed by atoms with Gasteiger partial charge in [0.15, 0.2) is 11.5 Å². The molecule has 0 saturated heterocycles. The first kappa shape index (κ1) is 13.2. The number of aromatic amines is 1. The summed E-state index contributed by atoms with van der Waals surface area (Å²) in [5, 5.41) is 7.14. The Balaban J connectivity index is 2.08. The molecule has 3 rings (SSSR count). The Labute approximate surface area is 122 Å². The fraction of sp³-hybridized carbons (Fsp3) is 0.125. The molecule has 0 fully saturated rings. The third kappa shape index (κ3) is 2.45. The molecule has 5 nitrogen and oxygen atoms in total. The van der Waals surface area contributed by atoms with E-state index in [2.05, 4.69) is 15.2 Å². The van der Waals surface area contributed by atoms with Gasteiger partial charge in [-0.25, -0.2) is 0 Å². The molecule has 3 aromatic rings. The number of H-pyrrole nitrogens is 1. The second-order valence-corrected chi connectivity index (χ2v) is 4.44. The smallest absolute Gasteiger partial charge is 0.161 e. The van der Waals surface area contributed by atoms with Gasteiger partial charge in [0, 0.05) is 11.8 Å². The van der Waals surface area contributed by atoms with E-state index in [0.29, 0.717) is 11.5 Å². The van der Waals surface area contributed by atoms with Gasteiger partial charge in [-0.2, -0.15) is 5.10 Å². The first-order valence-electron chi connectivity index (χ1n) is 6.50. The van der Waals surface area contributed by atoms with Gasteiger partial charge < -0.3 is 9.47 Å². The van der Waals surface area contributed by atoms with Gasteiger partial charge in [0.25, 0.3) is 0 Å². The van der Waals surface area contributed by atoms with E-state index < -0.39 is 0 Å². The van der Waals surface area contributed by atoms with E-state index in [0.717, 1.165) is 22.5 Å². The Morgan fingerprint density at radius 1 is 1.00 bits per heavy atom. The van der Waals surface area contributed by atoms with E-state index in [1.165, 1.54) is 0 Å². The fourth-order valence-corrected chi connectivity index (χ4v) is 2.21. The molecule has 0 spiro atoms. The lowest BCUT2D eigenvalue weighted by Crippen LogP contribution is -1.91. The van der Waals surface area contributed by atoms with Crippen LogP contribution in [0.1, 0.15) is 0 Å². The second kappa shape index (κ2) is 5.66. The largest absolute Gasteiger partial charge is 0.493 e. The lowest BCUT2D eigenvalue weighted by molar-refractivity contribution is 0.355. The number of pyridine rings is 1. The highest BCUT2D eigenvalue weighted by Gasteiger charge is 2.13. The SMILES string of the molecule is COc1ccc(-c2cn[nH]c2-c2ccccn2)cc1OC. The number of nitrogens with zero attached hydrogens (tertiary/aromatic N) is 2. The number of benzene rings is 1. The topological polar surface area (TPSA) is 60.0 Å². The number of rotatable bonds is 4. The predicted octanol–water partition coefficient (Wildman–Crippen LogP) is 3.16. The Bertz CT molecular complexity index is 738. The second-order valence-electron chi connectivity index (χ2n) is 4.44. The number of hydrogen-bond acceptors (Lipinski definition) is 4. The molecule has 21 heavy (non-hydrogen) atoms. The van der Waals surface area contributed by atoms with Gasteiger partial charge in [-0.1, -0.05) is 12.1 Å². The summed E-state index contributed by atoms with van der Waals surface area (Å²) in [7, 11) is 3.24. The van der Waals surface area contributed by atoms with Crippen LogP contribution in [0.25, 0.3) is 22.5 Å². The number of hydrogen-bond donors (Lipinski definition) is 1. The lowest BCUT2D eigenvalue weighted by atomic mass is 10.0. The minimum Gasteiger partial charge on any atom is -0.493 e. The van der Waals surface area contributed by atoms with E-state index in [1.807, 2.05) is 36.4 Å². The van der Waals surface area contributed by atoms with Crippen LogP contribution in [0, 0.1) is 0 Å². The van der Waals surface area contributed by atoms with E-state index in [9.17, 15) is 0 Å². The molecule has 1 aromatic carbocycles. The van der Waals surface area contributed by atoms with Crippen molar-refractivity contribution in [3.63, 3.8) is 0 Å². The molecule has 1 N–H and O–H groups in total. The highest BCUT2D eigenvalue weighted by molar-refractivity contribution is 5.79. The van der Waals surface area contributed by atoms with Crippen molar-refractivity contribution >= 4 is 0 Å². The maximum absolute atomic E-state index is 5.35. The number of nitrogens with one attached hydrogen (secondary N) is 1. The Morgan fingerprint density at radius 2 is 1.86 bits per heavy atom. The van der Waals surface area contributed by atoms with Gasteiger partial charge in [-0.3, -0.25) is 10.1 Å². The van der Waals surface area contributed by atoms with E-state index in [1.54, 1.807) is 26.6 Å². The minimum absolute atomic E-state index is 0.683. The molecule has 0 amide bonds. The van der Waals surface area contributed by atoms with E-state index in [-0.39, 0.29) is 0 Å². The zero-order valence-electron chi connectivity index (χ0n) is 11.8. The summed E-state index contributed by atoms with van der Waals surface area (Å²) in [5.41, 5.74) is 3.68. The summed E-state index contributed by atoms with van der Waals surface area (Å²) in [6, 6.07) is 11.5. The minimum atomic E-state index is 0.683. The summed E-state index contributed by atoms with van der Waals surface area (Å²) >= 11 is 0. The molecule has 0 saturated carbocycles. The van der Waals surface area contributed by atoms with Gasteiger partial charge in [-0.15, -0.1) is 0 Å². The van der Waals surface area contributed by atoms with E-state index in [4.69, 9.17) is 9.47 Å². The molecule has 5 heteroatoms. The van der Waals surface area contributed by atoms with Crippen LogP contribution in [-0.4, -0.2) is 29.4 Å². The molecule has 0 bridgehead atoms. The van der Waals surface area contributed by atoms with Crippen molar-refractivity contribution in [1.82, 2.24) is 15.2 Å². The summed E-state index contributed by atoms with van der Waals surface area (Å²) < 4.78 is 10.6. The summed E-state index contributed by atoms with van der Waals surface area (Å²) in [6.45, 7) is 0. The highest BCUT2D eigenvalue weighted by Crippen LogP contribution is 2.35. The third-order valence-electron chi connectivity index (χ3n) is 3.25. The molecule has 2 heterocycles. The van der Waals surface area contributed by atoms with Crippen LogP contribution in [0.2, 0.25) is 0 Å². The molecule has 106 valence electrons. The maximum Gasteiger partial charge on any atom is 0.161 e. The molecule has 0 aliphatic rings. The zero-order valence-corrected chi connectivity index (χ0v) is 11.8. The van der Waals surface area contributed by atoms with Crippen molar-refractivity contribution in [1.29, 1.82) is 0 Å². The van der Waals surface area contributed by atoms with Gasteiger partial charge >= 0.3 is 0 Å². The van der Waals surface area contributed by atoms with Crippen molar-refractivity contribution in [2.24, 2.45) is 0 Å². The van der Waals surface area contributed by atoms with Crippen LogP contribution in [0.5, 0.6) is 11.5 Å². The van der Waals surface area contributed by atoms with Gasteiger partial charge in [0.2, 0.25) is 0 Å². The van der Waals surface area contributed by atoms with Crippen molar-refractivity contribution in [3.05, 3.63) is 48.8 Å². The molecule has 2 aromatic heterocycles. The van der Waals surface area contributed by atoms with Crippen molar-refractivity contribution in [2.45, 2.75) is 0 Å².